The molecule has 0 radical (unpaired) electrons. The molecule has 3 N–H and O–H groups in total. The Hall–Kier alpha value is -2.33. The van der Waals surface area contributed by atoms with Crippen LogP contribution in [0.2, 0.25) is 0 Å². The van der Waals surface area contributed by atoms with Crippen molar-refractivity contribution >= 4 is 42.5 Å². The molecule has 2 atom stereocenters. The summed E-state index contributed by atoms with van der Waals surface area (Å²) in [6.07, 6.45) is 5.99. The van der Waals surface area contributed by atoms with Gasteiger partial charge in [0.25, 0.3) is 0 Å². The van der Waals surface area contributed by atoms with E-state index in [1.807, 2.05) is 43.8 Å². The molecule has 2 aromatic rings. The number of likely N-dealkylation sites (tertiary alicyclic amines) is 1. The third kappa shape index (κ3) is 7.60. The van der Waals surface area contributed by atoms with Gasteiger partial charge in [0.1, 0.15) is 0 Å². The number of amides is 2. The molecule has 0 spiro atoms. The molecule has 0 aliphatic carbocycles. The molecule has 1 aromatic carbocycles. The fourth-order valence-corrected chi connectivity index (χ4v) is 5.11. The van der Waals surface area contributed by atoms with E-state index in [9.17, 15) is 9.59 Å². The Bertz CT molecular complexity index is 1050. The van der Waals surface area contributed by atoms with Crippen molar-refractivity contribution in [3.63, 3.8) is 0 Å². The highest BCUT2D eigenvalue weighted by Crippen LogP contribution is 2.39. The zero-order chi connectivity index (χ0) is 25.1. The molecular weight excluding hydrogens is 515 g/mol. The van der Waals surface area contributed by atoms with E-state index >= 15 is 0 Å². The first-order valence-electron chi connectivity index (χ1n) is 12.6. The first-order valence-corrected chi connectivity index (χ1v) is 12.6. The molecule has 2 aliphatic rings. The largest absolute Gasteiger partial charge is 0.447 e. The van der Waals surface area contributed by atoms with Gasteiger partial charge in [-0.1, -0.05) is 6.07 Å². The highest BCUT2D eigenvalue weighted by Gasteiger charge is 2.34. The van der Waals surface area contributed by atoms with E-state index in [1.165, 1.54) is 0 Å². The summed E-state index contributed by atoms with van der Waals surface area (Å²) in [6, 6.07) is 6.09. The molecule has 1 aromatic heterocycles. The monoisotopic (exact) mass is 554 g/mol. The molecule has 1 fully saturated rings. The van der Waals surface area contributed by atoms with Crippen molar-refractivity contribution in [1.29, 1.82) is 0 Å². The SMILES string of the molecule is CC(=O)N1c2ccc(-c3cnn(CCN4CCC(N)CC4)c3)cc2[C@@H](NC(=O)OC(C)C)C[C@H]1C.Cl.Cl. The Balaban J connectivity index is 0.00000241. The third-order valence-corrected chi connectivity index (χ3v) is 6.90. The smallest absolute Gasteiger partial charge is 0.407 e. The lowest BCUT2D eigenvalue weighted by molar-refractivity contribution is -0.117. The second-order valence-corrected chi connectivity index (χ2v) is 10.1. The van der Waals surface area contributed by atoms with Crippen molar-refractivity contribution in [2.24, 2.45) is 5.73 Å². The van der Waals surface area contributed by atoms with Crippen LogP contribution in [0.25, 0.3) is 11.1 Å². The molecule has 2 amide bonds. The van der Waals surface area contributed by atoms with Gasteiger partial charge in [-0.25, -0.2) is 4.79 Å². The number of hydrogen-bond donors (Lipinski definition) is 2. The minimum absolute atomic E-state index is 0. The lowest BCUT2D eigenvalue weighted by Crippen LogP contribution is -2.45. The van der Waals surface area contributed by atoms with Crippen LogP contribution < -0.4 is 16.0 Å². The van der Waals surface area contributed by atoms with E-state index in [0.29, 0.717) is 12.5 Å². The number of nitrogens with one attached hydrogen (secondary N) is 1. The number of halogens is 2. The minimum atomic E-state index is -0.448. The predicted octanol–water partition coefficient (Wildman–Crippen LogP) is 4.14. The van der Waals surface area contributed by atoms with Crippen LogP contribution in [0.4, 0.5) is 10.5 Å². The standard InChI is InChI=1S/C26H38N6O3.2ClH/c1-17(2)35-26(34)29-24-13-18(3)32(19(4)33)25-6-5-20(14-23(24)25)21-15-28-31(16-21)12-11-30-9-7-22(27)8-10-30;;/h5-6,14-18,22,24H,7-13,27H2,1-4H3,(H,29,34);2*1H/t18-,24+;;/m1../s1. The van der Waals surface area contributed by atoms with Crippen LogP contribution in [-0.2, 0) is 16.1 Å². The number of anilines is 1. The number of rotatable bonds is 6. The van der Waals surface area contributed by atoms with Gasteiger partial charge in [-0.3, -0.25) is 9.48 Å². The van der Waals surface area contributed by atoms with Gasteiger partial charge in [0.2, 0.25) is 5.91 Å². The van der Waals surface area contributed by atoms with E-state index in [-0.39, 0.29) is 48.9 Å². The maximum Gasteiger partial charge on any atom is 0.407 e. The predicted molar refractivity (Wildman–Crippen MR) is 151 cm³/mol. The molecule has 2 aliphatic heterocycles. The highest BCUT2D eigenvalue weighted by atomic mass is 35.5. The fourth-order valence-electron chi connectivity index (χ4n) is 5.11. The molecule has 206 valence electrons. The number of benzene rings is 1. The number of nitrogens with zero attached hydrogens (tertiary/aromatic N) is 4. The topological polar surface area (TPSA) is 106 Å². The first kappa shape index (κ1) is 30.9. The van der Waals surface area contributed by atoms with Gasteiger partial charge in [-0.15, -0.1) is 24.8 Å². The van der Waals surface area contributed by atoms with Gasteiger partial charge < -0.3 is 25.6 Å². The summed E-state index contributed by atoms with van der Waals surface area (Å²) in [5, 5.41) is 7.58. The van der Waals surface area contributed by atoms with E-state index in [4.69, 9.17) is 10.5 Å². The van der Waals surface area contributed by atoms with E-state index in [0.717, 1.165) is 61.4 Å². The number of fused-ring (bicyclic) bond motifs is 1. The quantitative estimate of drug-likeness (QED) is 0.555. The molecule has 0 saturated carbocycles. The van der Waals surface area contributed by atoms with Crippen molar-refractivity contribution in [2.45, 2.75) is 77.7 Å². The van der Waals surface area contributed by atoms with Crippen LogP contribution in [0.1, 0.15) is 58.6 Å². The summed E-state index contributed by atoms with van der Waals surface area (Å²) in [4.78, 5) is 29.1. The number of ether oxygens (including phenoxy) is 1. The van der Waals surface area contributed by atoms with E-state index < -0.39 is 6.09 Å². The third-order valence-electron chi connectivity index (χ3n) is 6.90. The number of nitrogens with two attached hydrogens (primary N) is 1. The molecule has 4 rings (SSSR count). The van der Waals surface area contributed by atoms with Gasteiger partial charge in [-0.2, -0.15) is 5.10 Å². The fraction of sp³-hybridized carbons (Fsp3) is 0.577. The Morgan fingerprint density at radius 2 is 1.86 bits per heavy atom. The van der Waals surface area contributed by atoms with Crippen LogP contribution in [0.3, 0.4) is 0 Å². The number of hydrogen-bond acceptors (Lipinski definition) is 6. The minimum Gasteiger partial charge on any atom is -0.447 e. The lowest BCUT2D eigenvalue weighted by Gasteiger charge is -2.39. The molecule has 37 heavy (non-hydrogen) atoms. The molecule has 3 heterocycles. The zero-order valence-corrected chi connectivity index (χ0v) is 23.7. The van der Waals surface area contributed by atoms with Crippen LogP contribution in [0, 0.1) is 0 Å². The Labute approximate surface area is 231 Å². The van der Waals surface area contributed by atoms with E-state index in [2.05, 4.69) is 27.6 Å². The summed E-state index contributed by atoms with van der Waals surface area (Å²) in [7, 11) is 0. The Kier molecular flexibility index (Phi) is 11.2. The number of piperidine rings is 1. The summed E-state index contributed by atoms with van der Waals surface area (Å²) >= 11 is 0. The number of aromatic nitrogens is 2. The van der Waals surface area contributed by atoms with Gasteiger partial charge in [0.05, 0.1) is 24.9 Å². The second kappa shape index (κ2) is 13.5. The van der Waals surface area contributed by atoms with Crippen molar-refractivity contribution in [3.05, 3.63) is 36.2 Å². The summed E-state index contributed by atoms with van der Waals surface area (Å²) in [5.74, 6) is -0.0128. The molecular formula is C26H40Cl2N6O3. The normalized spacial score (nSPS) is 20.0. The Morgan fingerprint density at radius 3 is 2.51 bits per heavy atom. The molecule has 9 nitrogen and oxygen atoms in total. The maximum absolute atomic E-state index is 12.4. The molecule has 11 heteroatoms. The maximum atomic E-state index is 12.4. The second-order valence-electron chi connectivity index (χ2n) is 10.1. The first-order chi connectivity index (χ1) is 16.7. The zero-order valence-electron chi connectivity index (χ0n) is 22.1. The van der Waals surface area contributed by atoms with Crippen LogP contribution >= 0.6 is 24.8 Å². The van der Waals surface area contributed by atoms with Crippen LogP contribution in [0.5, 0.6) is 0 Å². The number of alkyl carbamates (subject to hydrolysis) is 1. The molecule has 1 saturated heterocycles. The Morgan fingerprint density at radius 1 is 1.16 bits per heavy atom. The van der Waals surface area contributed by atoms with Crippen molar-refractivity contribution in [2.75, 3.05) is 24.5 Å². The lowest BCUT2D eigenvalue weighted by atomic mass is 9.89. The summed E-state index contributed by atoms with van der Waals surface area (Å²) in [5.41, 5.74) is 9.76. The van der Waals surface area contributed by atoms with Gasteiger partial charge in [-0.05, 0) is 76.4 Å². The van der Waals surface area contributed by atoms with Crippen molar-refractivity contribution in [3.8, 4) is 11.1 Å². The summed E-state index contributed by atoms with van der Waals surface area (Å²) < 4.78 is 7.30. The summed E-state index contributed by atoms with van der Waals surface area (Å²) in [6.45, 7) is 11.1. The van der Waals surface area contributed by atoms with Crippen LogP contribution in [-0.4, -0.2) is 64.5 Å². The molecule has 0 bridgehead atoms. The average molecular weight is 556 g/mol. The molecule has 0 unspecified atom stereocenters. The number of carbonyl (C=O) groups excluding carboxylic acids is 2. The van der Waals surface area contributed by atoms with Crippen molar-refractivity contribution in [1.82, 2.24) is 20.0 Å². The number of carbonyl (C=O) groups is 2. The van der Waals surface area contributed by atoms with Crippen molar-refractivity contribution < 1.29 is 14.3 Å². The highest BCUT2D eigenvalue weighted by molar-refractivity contribution is 5.94. The van der Waals surface area contributed by atoms with Gasteiger partial charge in [0.15, 0.2) is 0 Å². The van der Waals surface area contributed by atoms with Gasteiger partial charge >= 0.3 is 6.09 Å². The van der Waals surface area contributed by atoms with Crippen LogP contribution in [0.15, 0.2) is 30.6 Å². The average Bonchev–Trinajstić information content (AvgIpc) is 3.27. The van der Waals surface area contributed by atoms with E-state index in [1.54, 1.807) is 11.8 Å². The van der Waals surface area contributed by atoms with Gasteiger partial charge in [0, 0.05) is 43.0 Å².